The number of sulfonamides is 1. The zero-order valence-electron chi connectivity index (χ0n) is 19.0. The van der Waals surface area contributed by atoms with Gasteiger partial charge >= 0.3 is 5.97 Å². The molecule has 0 atom stereocenters. The van der Waals surface area contributed by atoms with Gasteiger partial charge in [-0.2, -0.15) is 0 Å². The highest BCUT2D eigenvalue weighted by Crippen LogP contribution is 2.32. The lowest BCUT2D eigenvalue weighted by atomic mass is 10.2. The summed E-state index contributed by atoms with van der Waals surface area (Å²) >= 11 is 0. The van der Waals surface area contributed by atoms with Crippen LogP contribution in [0.15, 0.2) is 65.6 Å². The Hall–Kier alpha value is -4.45. The number of phenols is 1. The lowest BCUT2D eigenvalue weighted by Gasteiger charge is -2.11. The number of methoxy groups -OCH3 is 1. The largest absolute Gasteiger partial charge is 0.507 e. The fourth-order valence-electron chi connectivity index (χ4n) is 3.23. The molecule has 0 aliphatic carbocycles. The van der Waals surface area contributed by atoms with Crippen LogP contribution in [0.25, 0.3) is 0 Å². The van der Waals surface area contributed by atoms with Crippen molar-refractivity contribution in [2.24, 2.45) is 0 Å². The van der Waals surface area contributed by atoms with Gasteiger partial charge in [-0.3, -0.25) is 9.52 Å². The van der Waals surface area contributed by atoms with Crippen LogP contribution >= 0.6 is 0 Å². The molecule has 12 heteroatoms. The molecule has 0 fully saturated rings. The van der Waals surface area contributed by atoms with Gasteiger partial charge in [0.05, 0.1) is 12.0 Å². The van der Waals surface area contributed by atoms with Gasteiger partial charge in [0.15, 0.2) is 18.1 Å². The number of aromatic hydroxyl groups is 1. The molecule has 0 radical (unpaired) electrons. The van der Waals surface area contributed by atoms with Crippen molar-refractivity contribution in [3.63, 3.8) is 0 Å². The smallest absolute Gasteiger partial charge is 0.342 e. The monoisotopic (exact) mass is 514 g/mol. The molecule has 188 valence electrons. The molecule has 1 heterocycles. The average molecular weight is 515 g/mol. The second-order valence-corrected chi connectivity index (χ2v) is 9.24. The molecule has 0 spiro atoms. The van der Waals surface area contributed by atoms with Crippen LogP contribution in [0.4, 0.5) is 5.69 Å². The first-order valence-electron chi connectivity index (χ1n) is 10.6. The van der Waals surface area contributed by atoms with E-state index >= 15 is 0 Å². The zero-order chi connectivity index (χ0) is 25.7. The number of amides is 1. The quantitative estimate of drug-likeness (QED) is 0.366. The Balaban J connectivity index is 1.35. The van der Waals surface area contributed by atoms with Crippen molar-refractivity contribution < 1.29 is 42.1 Å². The molecule has 1 aliphatic heterocycles. The highest BCUT2D eigenvalue weighted by Gasteiger charge is 2.21. The Morgan fingerprint density at radius 3 is 2.50 bits per heavy atom. The molecule has 11 nitrogen and oxygen atoms in total. The molecule has 0 unspecified atom stereocenters. The number of hydrogen-bond donors (Lipinski definition) is 3. The fraction of sp³-hybridized carbons (Fsp3) is 0.167. The molecule has 3 aromatic carbocycles. The number of phenolic OH excluding ortho intramolecular Hbond substituents is 1. The zero-order valence-corrected chi connectivity index (χ0v) is 19.8. The standard InChI is InChI=1S/C24H22N2O9S/c1-32-17-5-3-16(4-6-17)26-36(30,31)18-7-8-20(27)19(11-18)24(29)33-13-23(28)25-12-15-2-9-21-22(10-15)35-14-34-21/h2-11,26-27H,12-14H2,1H3,(H,25,28). The first kappa shape index (κ1) is 24.7. The van der Waals surface area contributed by atoms with Gasteiger partial charge < -0.3 is 29.4 Å². The summed E-state index contributed by atoms with van der Waals surface area (Å²) in [6.07, 6.45) is 0. The normalized spacial score (nSPS) is 12.0. The minimum Gasteiger partial charge on any atom is -0.507 e. The van der Waals surface area contributed by atoms with E-state index in [0.717, 1.165) is 23.8 Å². The molecule has 3 aromatic rings. The molecule has 1 amide bonds. The highest BCUT2D eigenvalue weighted by atomic mass is 32.2. The molecule has 0 saturated heterocycles. The van der Waals surface area contributed by atoms with Crippen LogP contribution in [0, 0.1) is 0 Å². The summed E-state index contributed by atoms with van der Waals surface area (Å²) in [6.45, 7) is -0.346. The van der Waals surface area contributed by atoms with Crippen molar-refractivity contribution >= 4 is 27.6 Å². The summed E-state index contributed by atoms with van der Waals surface area (Å²) < 4.78 is 48.4. The number of anilines is 1. The van der Waals surface area contributed by atoms with E-state index in [-0.39, 0.29) is 23.9 Å². The molecule has 3 N–H and O–H groups in total. The van der Waals surface area contributed by atoms with E-state index < -0.39 is 39.8 Å². The summed E-state index contributed by atoms with van der Waals surface area (Å²) in [7, 11) is -2.60. The summed E-state index contributed by atoms with van der Waals surface area (Å²) in [6, 6.07) is 14.5. The Morgan fingerprint density at radius 1 is 1.00 bits per heavy atom. The first-order chi connectivity index (χ1) is 17.2. The van der Waals surface area contributed by atoms with E-state index in [9.17, 15) is 23.1 Å². The van der Waals surface area contributed by atoms with Gasteiger partial charge in [-0.1, -0.05) is 6.07 Å². The predicted octanol–water partition coefficient (Wildman–Crippen LogP) is 2.40. The third kappa shape index (κ3) is 5.78. The number of esters is 1. The van der Waals surface area contributed by atoms with Crippen LogP contribution in [0.1, 0.15) is 15.9 Å². The number of carbonyl (C=O) groups is 2. The van der Waals surface area contributed by atoms with Crippen LogP contribution < -0.4 is 24.2 Å². The van der Waals surface area contributed by atoms with Gasteiger partial charge in [-0.25, -0.2) is 13.2 Å². The lowest BCUT2D eigenvalue weighted by molar-refractivity contribution is -0.124. The minimum absolute atomic E-state index is 0.133. The minimum atomic E-state index is -4.09. The number of rotatable bonds is 9. The SMILES string of the molecule is COc1ccc(NS(=O)(=O)c2ccc(O)c(C(=O)OCC(=O)NCc3ccc4c(c3)OCO4)c2)cc1. The van der Waals surface area contributed by atoms with Crippen molar-refractivity contribution in [3.8, 4) is 23.0 Å². The van der Waals surface area contributed by atoms with Crippen molar-refractivity contribution in [1.82, 2.24) is 5.32 Å². The second kappa shape index (κ2) is 10.4. The van der Waals surface area contributed by atoms with Gasteiger partial charge in [0.2, 0.25) is 6.79 Å². The van der Waals surface area contributed by atoms with Gasteiger partial charge in [-0.15, -0.1) is 0 Å². The van der Waals surface area contributed by atoms with Gasteiger partial charge in [0.25, 0.3) is 15.9 Å². The second-order valence-electron chi connectivity index (χ2n) is 7.55. The third-order valence-electron chi connectivity index (χ3n) is 5.10. The fourth-order valence-corrected chi connectivity index (χ4v) is 4.31. The molecular formula is C24H22N2O9S. The van der Waals surface area contributed by atoms with E-state index in [4.69, 9.17) is 18.9 Å². The summed E-state index contributed by atoms with van der Waals surface area (Å²) in [5.74, 6) is -0.420. The Morgan fingerprint density at radius 2 is 1.75 bits per heavy atom. The van der Waals surface area contributed by atoms with E-state index in [1.165, 1.54) is 19.2 Å². The molecule has 1 aliphatic rings. The molecule has 4 rings (SSSR count). The van der Waals surface area contributed by atoms with Crippen LogP contribution in [-0.4, -0.2) is 45.9 Å². The van der Waals surface area contributed by atoms with Crippen molar-refractivity contribution in [1.29, 1.82) is 0 Å². The predicted molar refractivity (Wildman–Crippen MR) is 127 cm³/mol. The van der Waals surface area contributed by atoms with E-state index in [0.29, 0.717) is 17.2 Å². The lowest BCUT2D eigenvalue weighted by Crippen LogP contribution is -2.28. The Kier molecular flexibility index (Phi) is 7.15. The maximum atomic E-state index is 12.7. The third-order valence-corrected chi connectivity index (χ3v) is 6.48. The number of benzene rings is 3. The van der Waals surface area contributed by atoms with Gasteiger partial charge in [0, 0.05) is 12.2 Å². The topological polar surface area (TPSA) is 149 Å². The maximum Gasteiger partial charge on any atom is 0.342 e. The maximum absolute atomic E-state index is 12.7. The number of nitrogens with one attached hydrogen (secondary N) is 2. The molecule has 0 bridgehead atoms. The number of fused-ring (bicyclic) bond motifs is 1. The van der Waals surface area contributed by atoms with Crippen LogP contribution in [0.3, 0.4) is 0 Å². The van der Waals surface area contributed by atoms with Gasteiger partial charge in [-0.05, 0) is 60.2 Å². The van der Waals surface area contributed by atoms with E-state index in [1.807, 2.05) is 0 Å². The van der Waals surface area contributed by atoms with Gasteiger partial charge in [0.1, 0.15) is 17.1 Å². The summed E-state index contributed by atoms with van der Waals surface area (Å²) in [5.41, 5.74) is 0.613. The van der Waals surface area contributed by atoms with Crippen LogP contribution in [0.5, 0.6) is 23.0 Å². The Bertz CT molecular complexity index is 1390. The number of ether oxygens (including phenoxy) is 4. The molecule has 0 saturated carbocycles. The Labute approximate surface area is 206 Å². The summed E-state index contributed by atoms with van der Waals surface area (Å²) in [4.78, 5) is 24.3. The van der Waals surface area contributed by atoms with Crippen molar-refractivity contribution in [2.75, 3.05) is 25.2 Å². The number of carbonyl (C=O) groups excluding carboxylic acids is 2. The molecular weight excluding hydrogens is 492 g/mol. The van der Waals surface area contributed by atoms with Crippen molar-refractivity contribution in [3.05, 3.63) is 71.8 Å². The van der Waals surface area contributed by atoms with E-state index in [1.54, 1.807) is 30.3 Å². The van der Waals surface area contributed by atoms with Crippen LogP contribution in [0.2, 0.25) is 0 Å². The number of hydrogen-bond acceptors (Lipinski definition) is 9. The average Bonchev–Trinajstić information content (AvgIpc) is 3.34. The molecule has 0 aromatic heterocycles. The summed E-state index contributed by atoms with van der Waals surface area (Å²) in [5, 5.41) is 12.7. The highest BCUT2D eigenvalue weighted by molar-refractivity contribution is 7.92. The van der Waals surface area contributed by atoms with E-state index in [2.05, 4.69) is 10.0 Å². The molecule has 36 heavy (non-hydrogen) atoms. The first-order valence-corrected chi connectivity index (χ1v) is 12.1. The van der Waals surface area contributed by atoms with Crippen molar-refractivity contribution in [2.45, 2.75) is 11.4 Å². The van der Waals surface area contributed by atoms with Crippen LogP contribution in [-0.2, 0) is 26.1 Å².